The molecule has 0 aromatic carbocycles. The third-order valence-corrected chi connectivity index (χ3v) is 4.93. The first-order valence-electron chi connectivity index (χ1n) is 8.76. The lowest BCUT2D eigenvalue weighted by atomic mass is 10.1. The molecule has 0 N–H and O–H groups in total. The molecule has 7 nitrogen and oxygen atoms in total. The summed E-state index contributed by atoms with van der Waals surface area (Å²) in [6.07, 6.45) is 7.78. The van der Waals surface area contributed by atoms with Crippen molar-refractivity contribution < 1.29 is 9.21 Å². The zero-order chi connectivity index (χ0) is 16.4. The highest BCUT2D eigenvalue weighted by Gasteiger charge is 2.25. The molecule has 2 aliphatic rings. The van der Waals surface area contributed by atoms with Crippen LogP contribution in [0.5, 0.6) is 0 Å². The van der Waals surface area contributed by atoms with E-state index in [-0.39, 0.29) is 5.91 Å². The molecule has 0 radical (unpaired) electrons. The van der Waals surface area contributed by atoms with Gasteiger partial charge in [-0.25, -0.2) is 4.68 Å². The first-order valence-corrected chi connectivity index (χ1v) is 8.76. The first-order chi connectivity index (χ1) is 11.8. The van der Waals surface area contributed by atoms with E-state index in [0.29, 0.717) is 12.1 Å². The number of piperidine rings is 1. The molecule has 7 heteroatoms. The molecule has 0 unspecified atom stereocenters. The van der Waals surface area contributed by atoms with Gasteiger partial charge >= 0.3 is 0 Å². The summed E-state index contributed by atoms with van der Waals surface area (Å²) in [4.78, 5) is 17.0. The molecule has 1 fully saturated rings. The summed E-state index contributed by atoms with van der Waals surface area (Å²) in [6.45, 7) is 5.21. The Balaban J connectivity index is 1.52. The van der Waals surface area contributed by atoms with Gasteiger partial charge in [0.25, 0.3) is 5.91 Å². The number of furan rings is 1. The van der Waals surface area contributed by atoms with Crippen LogP contribution in [0.3, 0.4) is 0 Å². The van der Waals surface area contributed by atoms with Gasteiger partial charge in [0.2, 0.25) is 0 Å². The zero-order valence-electron chi connectivity index (χ0n) is 13.9. The van der Waals surface area contributed by atoms with Crippen LogP contribution in [0, 0.1) is 0 Å². The van der Waals surface area contributed by atoms with Gasteiger partial charge in [0.1, 0.15) is 12.0 Å². The minimum atomic E-state index is 0.0160. The van der Waals surface area contributed by atoms with E-state index in [1.807, 2.05) is 9.58 Å². The van der Waals surface area contributed by atoms with Crippen LogP contribution in [0.2, 0.25) is 0 Å². The highest BCUT2D eigenvalue weighted by atomic mass is 16.3. The second-order valence-electron chi connectivity index (χ2n) is 6.64. The number of rotatable bonds is 3. The minimum absolute atomic E-state index is 0.0160. The Hall–Kier alpha value is -2.15. The second kappa shape index (κ2) is 6.76. The van der Waals surface area contributed by atoms with Crippen LogP contribution in [0.1, 0.15) is 47.4 Å². The molecule has 0 bridgehead atoms. The van der Waals surface area contributed by atoms with Crippen molar-refractivity contribution >= 4 is 5.91 Å². The molecule has 1 saturated heterocycles. The van der Waals surface area contributed by atoms with Gasteiger partial charge < -0.3 is 9.32 Å². The van der Waals surface area contributed by atoms with Gasteiger partial charge in [-0.05, 0) is 38.4 Å². The quantitative estimate of drug-likeness (QED) is 0.860. The van der Waals surface area contributed by atoms with Gasteiger partial charge in [0.15, 0.2) is 0 Å². The van der Waals surface area contributed by atoms with Gasteiger partial charge in [-0.2, -0.15) is 0 Å². The molecule has 4 rings (SSSR count). The molecule has 128 valence electrons. The van der Waals surface area contributed by atoms with E-state index in [2.05, 4.69) is 15.2 Å². The SMILES string of the molecule is O=C(c1ccoc1)N1CCCn2nnc(CN3CCCCC3)c2C1. The van der Waals surface area contributed by atoms with Crippen LogP contribution >= 0.6 is 0 Å². The van der Waals surface area contributed by atoms with E-state index in [1.165, 1.54) is 25.5 Å². The van der Waals surface area contributed by atoms with E-state index in [9.17, 15) is 4.79 Å². The fraction of sp³-hybridized carbons (Fsp3) is 0.588. The number of carbonyl (C=O) groups is 1. The monoisotopic (exact) mass is 329 g/mol. The summed E-state index contributed by atoms with van der Waals surface area (Å²) < 4.78 is 7.03. The largest absolute Gasteiger partial charge is 0.472 e. The maximum atomic E-state index is 12.7. The van der Waals surface area contributed by atoms with Crippen LogP contribution in [-0.2, 0) is 19.6 Å². The van der Waals surface area contributed by atoms with Crippen molar-refractivity contribution in [2.45, 2.75) is 45.3 Å². The minimum Gasteiger partial charge on any atom is -0.472 e. The van der Waals surface area contributed by atoms with E-state index in [0.717, 1.165) is 50.5 Å². The third-order valence-electron chi connectivity index (χ3n) is 4.93. The first kappa shape index (κ1) is 15.4. The molecule has 1 amide bonds. The summed E-state index contributed by atoms with van der Waals surface area (Å²) in [7, 11) is 0. The Morgan fingerprint density at radius 3 is 2.79 bits per heavy atom. The van der Waals surface area contributed by atoms with Crippen LogP contribution in [0.4, 0.5) is 0 Å². The molecule has 0 aliphatic carbocycles. The molecule has 0 spiro atoms. The van der Waals surface area contributed by atoms with Gasteiger partial charge in [-0.1, -0.05) is 11.6 Å². The lowest BCUT2D eigenvalue weighted by Crippen LogP contribution is -2.32. The average Bonchev–Trinajstić information content (AvgIpc) is 3.21. The molecule has 4 heterocycles. The number of fused-ring (bicyclic) bond motifs is 1. The van der Waals surface area contributed by atoms with Crippen molar-refractivity contribution in [2.75, 3.05) is 19.6 Å². The number of likely N-dealkylation sites (tertiary alicyclic amines) is 1. The van der Waals surface area contributed by atoms with Crippen LogP contribution in [0.15, 0.2) is 23.0 Å². The Labute approximate surface area is 141 Å². The average molecular weight is 329 g/mol. The maximum absolute atomic E-state index is 12.7. The van der Waals surface area contributed by atoms with E-state index in [1.54, 1.807) is 12.3 Å². The molecule has 2 aromatic rings. The fourth-order valence-corrected chi connectivity index (χ4v) is 3.59. The van der Waals surface area contributed by atoms with Crippen molar-refractivity contribution in [3.8, 4) is 0 Å². The summed E-state index contributed by atoms with van der Waals surface area (Å²) in [6, 6.07) is 1.72. The second-order valence-corrected chi connectivity index (χ2v) is 6.64. The Morgan fingerprint density at radius 2 is 2.00 bits per heavy atom. The lowest BCUT2D eigenvalue weighted by Gasteiger charge is -2.26. The standard InChI is InChI=1S/C17H23N5O2/c23-17(14-5-10-24-13-14)21-8-4-9-22-16(12-21)15(18-19-22)11-20-6-2-1-3-7-20/h5,10,13H,1-4,6-9,11-12H2. The van der Waals surface area contributed by atoms with E-state index >= 15 is 0 Å². The van der Waals surface area contributed by atoms with Crippen LogP contribution in [-0.4, -0.2) is 50.3 Å². The van der Waals surface area contributed by atoms with Crippen molar-refractivity contribution in [2.24, 2.45) is 0 Å². The molecule has 2 aromatic heterocycles. The predicted molar refractivity (Wildman–Crippen MR) is 87.2 cm³/mol. The molecule has 2 aliphatic heterocycles. The Morgan fingerprint density at radius 1 is 1.12 bits per heavy atom. The smallest absolute Gasteiger partial charge is 0.257 e. The topological polar surface area (TPSA) is 67.4 Å². The number of carbonyl (C=O) groups excluding carboxylic acids is 1. The van der Waals surface area contributed by atoms with E-state index < -0.39 is 0 Å². The molecular weight excluding hydrogens is 306 g/mol. The summed E-state index contributed by atoms with van der Waals surface area (Å²) in [5.41, 5.74) is 2.70. The van der Waals surface area contributed by atoms with Crippen LogP contribution in [0.25, 0.3) is 0 Å². The number of aryl methyl sites for hydroxylation is 1. The Bertz CT molecular complexity index is 688. The van der Waals surface area contributed by atoms with E-state index in [4.69, 9.17) is 4.42 Å². The Kier molecular flexibility index (Phi) is 4.34. The normalized spacial score (nSPS) is 19.1. The number of hydrogen-bond donors (Lipinski definition) is 0. The summed E-state index contributed by atoms with van der Waals surface area (Å²) >= 11 is 0. The predicted octanol–water partition coefficient (Wildman–Crippen LogP) is 1.90. The number of nitrogens with zero attached hydrogens (tertiary/aromatic N) is 5. The summed E-state index contributed by atoms with van der Waals surface area (Å²) in [5, 5.41) is 8.73. The number of hydrogen-bond acceptors (Lipinski definition) is 5. The number of amides is 1. The third kappa shape index (κ3) is 3.08. The maximum Gasteiger partial charge on any atom is 0.257 e. The highest BCUT2D eigenvalue weighted by molar-refractivity contribution is 5.93. The van der Waals surface area contributed by atoms with Crippen molar-refractivity contribution in [1.29, 1.82) is 0 Å². The van der Waals surface area contributed by atoms with Gasteiger partial charge in [0.05, 0.1) is 24.1 Å². The van der Waals surface area contributed by atoms with Gasteiger partial charge in [0, 0.05) is 19.6 Å². The van der Waals surface area contributed by atoms with Gasteiger partial charge in [-0.15, -0.1) is 5.10 Å². The molecular formula is C17H23N5O2. The lowest BCUT2D eigenvalue weighted by molar-refractivity contribution is 0.0744. The van der Waals surface area contributed by atoms with Crippen LogP contribution < -0.4 is 0 Å². The zero-order valence-corrected chi connectivity index (χ0v) is 13.9. The van der Waals surface area contributed by atoms with Crippen molar-refractivity contribution in [3.05, 3.63) is 35.5 Å². The van der Waals surface area contributed by atoms with Gasteiger partial charge in [-0.3, -0.25) is 9.69 Å². The molecule has 24 heavy (non-hydrogen) atoms. The fourth-order valence-electron chi connectivity index (χ4n) is 3.59. The molecule has 0 atom stereocenters. The number of aromatic nitrogens is 3. The van der Waals surface area contributed by atoms with Crippen molar-refractivity contribution in [3.63, 3.8) is 0 Å². The van der Waals surface area contributed by atoms with Crippen molar-refractivity contribution in [1.82, 2.24) is 24.8 Å². The summed E-state index contributed by atoms with van der Waals surface area (Å²) in [5.74, 6) is 0.0160. The highest BCUT2D eigenvalue weighted by Crippen LogP contribution is 2.20. The molecule has 0 saturated carbocycles.